The maximum Gasteiger partial charge on any atom is 0.406 e. The van der Waals surface area contributed by atoms with Crippen LogP contribution < -0.4 is 20.7 Å². The number of alkyl halides is 3. The number of hydrogen-bond acceptors (Lipinski definition) is 6. The highest BCUT2D eigenvalue weighted by Crippen LogP contribution is 2.31. The van der Waals surface area contributed by atoms with Gasteiger partial charge < -0.3 is 30.0 Å². The summed E-state index contributed by atoms with van der Waals surface area (Å²) in [6.45, 7) is 0.834. The van der Waals surface area contributed by atoms with Crippen LogP contribution in [0.15, 0.2) is 42.5 Å². The fourth-order valence-corrected chi connectivity index (χ4v) is 4.41. The normalized spacial score (nSPS) is 14.1. The van der Waals surface area contributed by atoms with Crippen LogP contribution in [0.1, 0.15) is 28.9 Å². The molecule has 0 bridgehead atoms. The zero-order valence-electron chi connectivity index (χ0n) is 20.7. The minimum Gasteiger partial charge on any atom is -0.495 e. The molecule has 1 saturated heterocycles. The maximum atomic E-state index is 13.5. The highest BCUT2D eigenvalue weighted by molar-refractivity contribution is 5.94. The molecule has 2 aromatic carbocycles. The average Bonchev–Trinajstić information content (AvgIpc) is 3.23. The number of hydrogen-bond donors (Lipinski definition) is 3. The van der Waals surface area contributed by atoms with Gasteiger partial charge >= 0.3 is 12.1 Å². The number of ether oxygens (including phenoxy) is 2. The summed E-state index contributed by atoms with van der Waals surface area (Å²) in [6.07, 6.45) is -2.50. The molecule has 196 valence electrons. The van der Waals surface area contributed by atoms with Crippen molar-refractivity contribution in [3.63, 3.8) is 0 Å². The molecule has 0 saturated carbocycles. The number of nitrogens with zero attached hydrogens (tertiary/aromatic N) is 1. The van der Waals surface area contributed by atoms with Gasteiger partial charge in [-0.1, -0.05) is 12.0 Å². The molecule has 1 aliphatic rings. The summed E-state index contributed by atoms with van der Waals surface area (Å²) >= 11 is 0. The number of aromatic nitrogens is 1. The monoisotopic (exact) mass is 514 g/mol. The van der Waals surface area contributed by atoms with E-state index in [4.69, 9.17) is 9.47 Å². The van der Waals surface area contributed by atoms with Gasteiger partial charge in [0.15, 0.2) is 0 Å². The second kappa shape index (κ2) is 11.5. The number of piperidine rings is 1. The number of halogens is 3. The highest BCUT2D eigenvalue weighted by Gasteiger charge is 2.30. The summed E-state index contributed by atoms with van der Waals surface area (Å²) < 4.78 is 51.6. The molecule has 37 heavy (non-hydrogen) atoms. The van der Waals surface area contributed by atoms with Crippen molar-refractivity contribution in [1.29, 1.82) is 0 Å². The quantitative estimate of drug-likeness (QED) is 0.316. The Kier molecular flexibility index (Phi) is 8.14. The number of nitrogens with one attached hydrogen (secondary N) is 3. The van der Waals surface area contributed by atoms with Gasteiger partial charge in [-0.2, -0.15) is 13.2 Å². The minimum absolute atomic E-state index is 0.154. The number of anilines is 2. The second-order valence-electron chi connectivity index (χ2n) is 8.70. The number of carbonyl (C=O) groups is 1. The van der Waals surface area contributed by atoms with E-state index in [-0.39, 0.29) is 18.3 Å². The molecule has 7 nitrogen and oxygen atoms in total. The first-order valence-corrected chi connectivity index (χ1v) is 11.9. The van der Waals surface area contributed by atoms with Gasteiger partial charge in [0.05, 0.1) is 43.2 Å². The van der Waals surface area contributed by atoms with E-state index in [1.807, 2.05) is 6.07 Å². The van der Waals surface area contributed by atoms with Crippen molar-refractivity contribution in [3.05, 3.63) is 53.7 Å². The van der Waals surface area contributed by atoms with Crippen molar-refractivity contribution >= 4 is 28.2 Å². The molecular formula is C27H29F3N4O3. The number of carbonyl (C=O) groups excluding carboxylic acids is 1. The smallest absolute Gasteiger partial charge is 0.406 e. The molecule has 1 fully saturated rings. The highest BCUT2D eigenvalue weighted by atomic mass is 19.4. The lowest BCUT2D eigenvalue weighted by Gasteiger charge is -2.25. The summed E-state index contributed by atoms with van der Waals surface area (Å²) in [5.41, 5.74) is 2.49. The van der Waals surface area contributed by atoms with Crippen LogP contribution in [0.2, 0.25) is 0 Å². The lowest BCUT2D eigenvalue weighted by Crippen LogP contribution is -2.35. The lowest BCUT2D eigenvalue weighted by molar-refractivity contribution is -0.140. The van der Waals surface area contributed by atoms with Gasteiger partial charge in [0.2, 0.25) is 0 Å². The maximum absolute atomic E-state index is 13.5. The zero-order chi connectivity index (χ0) is 26.4. The standard InChI is InChI=1S/C27H29F3N4O3/c1-36-25-15-18(26(35)37-2)8-9-23(25)32-12-4-5-20-16-21-22(33-19-10-13-31-14-11-19)6-3-7-24(21)34(20)17-27(28,29)30/h3,6-9,15-16,19,31-33H,10-14,17H2,1-2H3. The van der Waals surface area contributed by atoms with Crippen LogP contribution in [-0.4, -0.2) is 56.6 Å². The van der Waals surface area contributed by atoms with E-state index in [9.17, 15) is 18.0 Å². The molecular weight excluding hydrogens is 485 g/mol. The lowest BCUT2D eigenvalue weighted by atomic mass is 10.1. The molecule has 0 amide bonds. The van der Waals surface area contributed by atoms with E-state index in [0.29, 0.717) is 27.9 Å². The van der Waals surface area contributed by atoms with Gasteiger partial charge in [0.1, 0.15) is 12.3 Å². The molecule has 0 unspecified atom stereocenters. The Hall–Kier alpha value is -3.84. The van der Waals surface area contributed by atoms with Crippen LogP contribution in [-0.2, 0) is 11.3 Å². The van der Waals surface area contributed by atoms with Gasteiger partial charge in [-0.05, 0) is 68.2 Å². The number of fused-ring (bicyclic) bond motifs is 1. The number of esters is 1. The van der Waals surface area contributed by atoms with Gasteiger partial charge in [0, 0.05) is 17.1 Å². The molecule has 3 N–H and O–H groups in total. The first-order valence-electron chi connectivity index (χ1n) is 11.9. The van der Waals surface area contributed by atoms with Gasteiger partial charge in [-0.3, -0.25) is 0 Å². The third-order valence-corrected chi connectivity index (χ3v) is 6.19. The summed E-state index contributed by atoms with van der Waals surface area (Å²) in [6, 6.07) is 12.1. The number of benzene rings is 2. The van der Waals surface area contributed by atoms with Crippen molar-refractivity contribution in [2.24, 2.45) is 0 Å². The first-order chi connectivity index (χ1) is 17.8. The summed E-state index contributed by atoms with van der Waals surface area (Å²) in [7, 11) is 2.76. The Morgan fingerprint density at radius 1 is 1.14 bits per heavy atom. The first kappa shape index (κ1) is 26.2. The fourth-order valence-electron chi connectivity index (χ4n) is 4.41. The second-order valence-corrected chi connectivity index (χ2v) is 8.70. The molecule has 0 radical (unpaired) electrons. The van der Waals surface area contributed by atoms with Crippen molar-refractivity contribution < 1.29 is 27.4 Å². The number of methoxy groups -OCH3 is 2. The SMILES string of the molecule is COC(=O)c1ccc(NCC#Cc2cc3c(NC4CCNCC4)cccc3n2CC(F)(F)F)c(OC)c1. The minimum atomic E-state index is -4.39. The van der Waals surface area contributed by atoms with Crippen molar-refractivity contribution in [1.82, 2.24) is 9.88 Å². The summed E-state index contributed by atoms with van der Waals surface area (Å²) in [5, 5.41) is 10.6. The van der Waals surface area contributed by atoms with Crippen LogP contribution >= 0.6 is 0 Å². The van der Waals surface area contributed by atoms with Crippen LogP contribution in [0.3, 0.4) is 0 Å². The summed E-state index contributed by atoms with van der Waals surface area (Å²) in [4.78, 5) is 11.7. The van der Waals surface area contributed by atoms with Gasteiger partial charge in [-0.25, -0.2) is 4.79 Å². The van der Waals surface area contributed by atoms with Crippen LogP contribution in [0.25, 0.3) is 10.9 Å². The topological polar surface area (TPSA) is 76.5 Å². The van der Waals surface area contributed by atoms with E-state index in [2.05, 4.69) is 27.8 Å². The third kappa shape index (κ3) is 6.49. The van der Waals surface area contributed by atoms with Crippen molar-refractivity contribution in [2.45, 2.75) is 31.6 Å². The average molecular weight is 515 g/mol. The van der Waals surface area contributed by atoms with Crippen molar-refractivity contribution in [2.75, 3.05) is 44.5 Å². The largest absolute Gasteiger partial charge is 0.495 e. The van der Waals surface area contributed by atoms with Gasteiger partial charge in [-0.15, -0.1) is 0 Å². The molecule has 0 atom stereocenters. The molecule has 4 rings (SSSR count). The molecule has 1 aliphatic heterocycles. The van der Waals surface area contributed by atoms with E-state index in [1.165, 1.54) is 18.8 Å². The van der Waals surface area contributed by atoms with Gasteiger partial charge in [0.25, 0.3) is 0 Å². The molecule has 10 heteroatoms. The Morgan fingerprint density at radius 2 is 1.92 bits per heavy atom. The van der Waals surface area contributed by atoms with E-state index in [0.717, 1.165) is 31.6 Å². The van der Waals surface area contributed by atoms with E-state index >= 15 is 0 Å². The molecule has 0 aliphatic carbocycles. The molecule has 1 aromatic heterocycles. The molecule has 0 spiro atoms. The zero-order valence-corrected chi connectivity index (χ0v) is 20.7. The van der Waals surface area contributed by atoms with Crippen molar-refractivity contribution in [3.8, 4) is 17.6 Å². The van der Waals surface area contributed by atoms with E-state index in [1.54, 1.807) is 36.4 Å². The Balaban J connectivity index is 1.58. The fraction of sp³-hybridized carbons (Fsp3) is 0.370. The predicted molar refractivity (Wildman–Crippen MR) is 137 cm³/mol. The Bertz CT molecular complexity index is 1320. The van der Waals surface area contributed by atoms with Crippen LogP contribution in [0.5, 0.6) is 5.75 Å². The Labute approximate surface area is 213 Å². The molecule has 3 aromatic rings. The van der Waals surface area contributed by atoms with Crippen LogP contribution in [0, 0.1) is 11.8 Å². The van der Waals surface area contributed by atoms with Crippen LogP contribution in [0.4, 0.5) is 24.5 Å². The third-order valence-electron chi connectivity index (χ3n) is 6.19. The summed E-state index contributed by atoms with van der Waals surface area (Å²) in [5.74, 6) is 5.74. The molecule has 2 heterocycles. The predicted octanol–water partition coefficient (Wildman–Crippen LogP) is 4.63. The number of rotatable bonds is 7. The van der Waals surface area contributed by atoms with E-state index < -0.39 is 18.7 Å². The Morgan fingerprint density at radius 3 is 2.62 bits per heavy atom.